The molecule has 1 aliphatic rings. The predicted octanol–water partition coefficient (Wildman–Crippen LogP) is 3.77. The first kappa shape index (κ1) is 22.4. The van der Waals surface area contributed by atoms with E-state index in [0.717, 1.165) is 12.8 Å². The summed E-state index contributed by atoms with van der Waals surface area (Å²) in [5.41, 5.74) is 0.509. The third-order valence-corrected chi connectivity index (χ3v) is 7.14. The number of guanidine groups is 1. The van der Waals surface area contributed by atoms with Crippen LogP contribution >= 0.6 is 15.9 Å². The number of nitrogens with zero attached hydrogens (tertiary/aromatic N) is 4. The Kier molecular flexibility index (Phi) is 7.54. The van der Waals surface area contributed by atoms with Crippen LogP contribution in [0.4, 0.5) is 4.39 Å². The number of rotatable bonds is 4. The third-order valence-electron chi connectivity index (χ3n) is 4.42. The molecule has 2 aromatic rings. The van der Waals surface area contributed by atoms with Gasteiger partial charge in [-0.3, -0.25) is 19.4 Å². The van der Waals surface area contributed by atoms with E-state index in [-0.39, 0.29) is 23.3 Å². The van der Waals surface area contributed by atoms with Gasteiger partial charge in [-0.2, -0.15) is 0 Å². The van der Waals surface area contributed by atoms with Crippen LogP contribution in [0.15, 0.2) is 56.4 Å². The van der Waals surface area contributed by atoms with Gasteiger partial charge in [0.25, 0.3) is 5.91 Å². The molecule has 1 atom stereocenters. The SMILES string of the molecule is CCN=C(NC(=O)c1ccccc1)N1CCCCN=S1(=O)Cc1nc(Br)ccc1F. The largest absolute Gasteiger partial charge is 0.292 e. The van der Waals surface area contributed by atoms with E-state index in [9.17, 15) is 13.4 Å². The van der Waals surface area contributed by atoms with Crippen molar-refractivity contribution in [3.05, 3.63) is 64.1 Å². The molecular formula is C20H23BrFN5O2S. The topological polar surface area (TPSA) is 87.0 Å². The Morgan fingerprint density at radius 1 is 1.27 bits per heavy atom. The van der Waals surface area contributed by atoms with Crippen molar-refractivity contribution in [2.75, 3.05) is 19.6 Å². The Morgan fingerprint density at radius 3 is 2.77 bits per heavy atom. The fourth-order valence-corrected chi connectivity index (χ4v) is 5.48. The first-order valence-corrected chi connectivity index (χ1v) is 12.1. The summed E-state index contributed by atoms with van der Waals surface area (Å²) in [7, 11) is -3.12. The van der Waals surface area contributed by atoms with E-state index in [1.807, 2.05) is 13.0 Å². The second-order valence-electron chi connectivity index (χ2n) is 6.59. The number of aromatic nitrogens is 1. The first-order chi connectivity index (χ1) is 14.4. The third kappa shape index (κ3) is 5.42. The molecule has 0 fully saturated rings. The molecule has 3 rings (SSSR count). The van der Waals surface area contributed by atoms with Gasteiger partial charge in [-0.15, -0.1) is 0 Å². The summed E-state index contributed by atoms with van der Waals surface area (Å²) >= 11 is 3.23. The zero-order chi connectivity index (χ0) is 21.6. The van der Waals surface area contributed by atoms with E-state index in [2.05, 4.69) is 35.6 Å². The normalized spacial score (nSPS) is 19.7. The number of carbonyl (C=O) groups is 1. The first-order valence-electron chi connectivity index (χ1n) is 9.63. The van der Waals surface area contributed by atoms with Gasteiger partial charge in [-0.05, 0) is 60.0 Å². The number of benzene rings is 1. The number of halogens is 2. The van der Waals surface area contributed by atoms with E-state index in [4.69, 9.17) is 0 Å². The highest BCUT2D eigenvalue weighted by atomic mass is 79.9. The zero-order valence-corrected chi connectivity index (χ0v) is 19.0. The van der Waals surface area contributed by atoms with E-state index < -0.39 is 15.7 Å². The molecule has 1 aromatic carbocycles. The molecule has 1 aliphatic heterocycles. The number of hydrogen-bond acceptors (Lipinski definition) is 5. The van der Waals surface area contributed by atoms with Crippen LogP contribution in [0, 0.1) is 5.82 Å². The fraction of sp³-hybridized carbons (Fsp3) is 0.350. The summed E-state index contributed by atoms with van der Waals surface area (Å²) in [5, 5.41) is 2.77. The Labute approximate surface area is 184 Å². The van der Waals surface area contributed by atoms with Crippen molar-refractivity contribution >= 4 is 37.7 Å². The van der Waals surface area contributed by atoms with Crippen LogP contribution < -0.4 is 5.32 Å². The molecule has 0 saturated carbocycles. The summed E-state index contributed by atoms with van der Waals surface area (Å²) in [5.74, 6) is -0.942. The van der Waals surface area contributed by atoms with Gasteiger partial charge in [-0.1, -0.05) is 18.2 Å². The molecule has 0 spiro atoms. The van der Waals surface area contributed by atoms with E-state index in [0.29, 0.717) is 29.8 Å². The molecule has 2 heterocycles. The van der Waals surface area contributed by atoms with Crippen LogP contribution in [0.1, 0.15) is 35.8 Å². The maximum absolute atomic E-state index is 14.3. The van der Waals surface area contributed by atoms with Crippen LogP contribution in [0.2, 0.25) is 0 Å². The highest BCUT2D eigenvalue weighted by Crippen LogP contribution is 2.21. The average molecular weight is 496 g/mol. The van der Waals surface area contributed by atoms with Crippen molar-refractivity contribution in [3.8, 4) is 0 Å². The van der Waals surface area contributed by atoms with E-state index >= 15 is 0 Å². The Balaban J connectivity index is 1.96. The summed E-state index contributed by atoms with van der Waals surface area (Å²) in [6, 6.07) is 11.5. The minimum Gasteiger partial charge on any atom is -0.292 e. The monoisotopic (exact) mass is 495 g/mol. The van der Waals surface area contributed by atoms with E-state index in [1.54, 1.807) is 24.3 Å². The van der Waals surface area contributed by atoms with Gasteiger partial charge in [0.15, 0.2) is 0 Å². The summed E-state index contributed by atoms with van der Waals surface area (Å²) in [6.07, 6.45) is 1.47. The summed E-state index contributed by atoms with van der Waals surface area (Å²) < 4.78 is 34.6. The highest BCUT2D eigenvalue weighted by Gasteiger charge is 2.29. The van der Waals surface area contributed by atoms with Crippen molar-refractivity contribution in [1.82, 2.24) is 14.6 Å². The van der Waals surface area contributed by atoms with E-state index in [1.165, 1.54) is 16.4 Å². The molecule has 0 saturated heterocycles. The summed E-state index contributed by atoms with van der Waals surface area (Å²) in [4.78, 5) is 21.2. The van der Waals surface area contributed by atoms with Crippen LogP contribution in [0.25, 0.3) is 0 Å². The lowest BCUT2D eigenvalue weighted by Crippen LogP contribution is -2.47. The Bertz CT molecular complexity index is 1050. The van der Waals surface area contributed by atoms with Gasteiger partial charge in [0, 0.05) is 18.7 Å². The lowest BCUT2D eigenvalue weighted by molar-refractivity contribution is 0.0974. The van der Waals surface area contributed by atoms with Gasteiger partial charge in [0.1, 0.15) is 20.3 Å². The molecule has 0 radical (unpaired) electrons. The molecule has 0 bridgehead atoms. The standard InChI is InChI=1S/C20H23BrFN5O2S/c1-2-23-20(26-19(28)15-8-4-3-5-9-15)27-13-7-6-12-24-30(27,29)14-17-16(22)10-11-18(21)25-17/h3-5,8-11H,2,6-7,12-14H2,1H3,(H,23,26,28). The van der Waals surface area contributed by atoms with Gasteiger partial charge in [0.05, 0.1) is 18.0 Å². The Morgan fingerprint density at radius 2 is 2.03 bits per heavy atom. The lowest BCUT2D eigenvalue weighted by Gasteiger charge is -2.28. The smallest absolute Gasteiger partial charge is 0.257 e. The molecule has 0 aliphatic carbocycles. The zero-order valence-electron chi connectivity index (χ0n) is 16.6. The predicted molar refractivity (Wildman–Crippen MR) is 119 cm³/mol. The molecule has 1 amide bonds. The number of aliphatic imine (C=N–C) groups is 1. The summed E-state index contributed by atoms with van der Waals surface area (Å²) in [6.45, 7) is 2.96. The van der Waals surface area contributed by atoms with Crippen molar-refractivity contribution in [3.63, 3.8) is 0 Å². The van der Waals surface area contributed by atoms with Crippen LogP contribution in [0.3, 0.4) is 0 Å². The van der Waals surface area contributed by atoms with Crippen molar-refractivity contribution < 1.29 is 13.4 Å². The van der Waals surface area contributed by atoms with Crippen LogP contribution in [-0.4, -0.2) is 45.0 Å². The molecule has 10 heteroatoms. The molecular weight excluding hydrogens is 473 g/mol. The molecule has 1 N–H and O–H groups in total. The molecule has 1 unspecified atom stereocenters. The highest BCUT2D eigenvalue weighted by molar-refractivity contribution is 9.10. The lowest BCUT2D eigenvalue weighted by atomic mass is 10.2. The minimum atomic E-state index is -3.12. The van der Waals surface area contributed by atoms with Gasteiger partial charge in [0.2, 0.25) is 5.96 Å². The van der Waals surface area contributed by atoms with Crippen molar-refractivity contribution in [2.45, 2.75) is 25.5 Å². The fourth-order valence-electron chi connectivity index (χ4n) is 2.98. The van der Waals surface area contributed by atoms with Crippen molar-refractivity contribution in [2.24, 2.45) is 9.36 Å². The van der Waals surface area contributed by atoms with Crippen LogP contribution in [-0.2, 0) is 15.7 Å². The second kappa shape index (κ2) is 10.1. The molecule has 30 heavy (non-hydrogen) atoms. The van der Waals surface area contributed by atoms with Crippen LogP contribution in [0.5, 0.6) is 0 Å². The number of carbonyl (C=O) groups excluding carboxylic acids is 1. The maximum Gasteiger partial charge on any atom is 0.257 e. The van der Waals surface area contributed by atoms with Gasteiger partial charge >= 0.3 is 0 Å². The number of nitrogens with one attached hydrogen (secondary N) is 1. The maximum atomic E-state index is 14.3. The van der Waals surface area contributed by atoms with Crippen molar-refractivity contribution in [1.29, 1.82) is 0 Å². The molecule has 160 valence electrons. The second-order valence-corrected chi connectivity index (χ2v) is 9.61. The Hall–Kier alpha value is -2.33. The quantitative estimate of drug-likeness (QED) is 0.397. The number of amides is 1. The van der Waals surface area contributed by atoms with Gasteiger partial charge in [-0.25, -0.2) is 17.9 Å². The molecule has 7 nitrogen and oxygen atoms in total. The average Bonchev–Trinajstić information content (AvgIpc) is 2.92. The molecule has 1 aromatic heterocycles. The van der Waals surface area contributed by atoms with Gasteiger partial charge < -0.3 is 0 Å². The minimum absolute atomic E-state index is 0.0512. The number of hydrogen-bond donors (Lipinski definition) is 1. The number of pyridine rings is 1.